The number of carbonyl (C=O) groups is 1. The van der Waals surface area contributed by atoms with Crippen molar-refractivity contribution in [3.8, 4) is 0 Å². The van der Waals surface area contributed by atoms with Gasteiger partial charge in [-0.3, -0.25) is 10.3 Å². The van der Waals surface area contributed by atoms with E-state index in [0.29, 0.717) is 12.4 Å². The molecule has 0 aliphatic carbocycles. The van der Waals surface area contributed by atoms with Crippen molar-refractivity contribution in [3.63, 3.8) is 0 Å². The van der Waals surface area contributed by atoms with Gasteiger partial charge in [0.15, 0.2) is 5.82 Å². The maximum atomic E-state index is 12.7. The molecule has 24 heavy (non-hydrogen) atoms. The van der Waals surface area contributed by atoms with E-state index >= 15 is 0 Å². The SMILES string of the molecule is CC[C@H](c1ccncc1)N(CC)C(=O)Nc1cc(C(C)(C)C)on1. The molecule has 2 aromatic rings. The largest absolute Gasteiger partial charge is 0.359 e. The number of anilines is 1. The molecule has 0 saturated carbocycles. The van der Waals surface area contributed by atoms with Crippen LogP contribution in [0.5, 0.6) is 0 Å². The summed E-state index contributed by atoms with van der Waals surface area (Å²) in [7, 11) is 0. The molecule has 2 aromatic heterocycles. The second kappa shape index (κ2) is 7.47. The Labute approximate surface area is 143 Å². The lowest BCUT2D eigenvalue weighted by Gasteiger charge is -2.30. The van der Waals surface area contributed by atoms with Gasteiger partial charge in [-0.1, -0.05) is 32.9 Å². The molecule has 0 aliphatic heterocycles. The minimum atomic E-state index is -0.185. The van der Waals surface area contributed by atoms with Crippen molar-refractivity contribution in [1.29, 1.82) is 0 Å². The third-order valence-electron chi connectivity index (χ3n) is 3.94. The van der Waals surface area contributed by atoms with Gasteiger partial charge in [-0.05, 0) is 31.0 Å². The summed E-state index contributed by atoms with van der Waals surface area (Å²) in [5.74, 6) is 1.18. The number of nitrogens with zero attached hydrogens (tertiary/aromatic N) is 3. The lowest BCUT2D eigenvalue weighted by Crippen LogP contribution is -2.38. The van der Waals surface area contributed by atoms with Crippen molar-refractivity contribution >= 4 is 11.8 Å². The number of pyridine rings is 1. The topological polar surface area (TPSA) is 71.3 Å². The summed E-state index contributed by atoms with van der Waals surface area (Å²) >= 11 is 0. The van der Waals surface area contributed by atoms with Gasteiger partial charge in [0.25, 0.3) is 0 Å². The fourth-order valence-electron chi connectivity index (χ4n) is 2.60. The first-order valence-corrected chi connectivity index (χ1v) is 8.31. The molecule has 1 atom stereocenters. The second-order valence-electron chi connectivity index (χ2n) is 6.75. The first-order chi connectivity index (χ1) is 11.4. The molecule has 2 amide bonds. The summed E-state index contributed by atoms with van der Waals surface area (Å²) in [4.78, 5) is 18.5. The standard InChI is InChI=1S/C18H26N4O2/c1-6-14(13-8-10-19-11-9-13)22(7-2)17(23)20-16-12-15(24-21-16)18(3,4)5/h8-12,14H,6-7H2,1-5H3,(H,20,21,23)/t14-/m1/s1. The van der Waals surface area contributed by atoms with E-state index in [2.05, 4.69) is 22.4 Å². The minimum Gasteiger partial charge on any atom is -0.359 e. The maximum Gasteiger partial charge on any atom is 0.323 e. The number of urea groups is 1. The van der Waals surface area contributed by atoms with Crippen molar-refractivity contribution in [2.24, 2.45) is 0 Å². The van der Waals surface area contributed by atoms with E-state index in [1.54, 1.807) is 23.4 Å². The Morgan fingerprint density at radius 1 is 1.29 bits per heavy atom. The Balaban J connectivity index is 2.15. The first-order valence-electron chi connectivity index (χ1n) is 8.31. The zero-order chi connectivity index (χ0) is 17.7. The van der Waals surface area contributed by atoms with Crippen LogP contribution in [0.4, 0.5) is 10.6 Å². The quantitative estimate of drug-likeness (QED) is 0.883. The number of aromatic nitrogens is 2. The van der Waals surface area contributed by atoms with Crippen LogP contribution >= 0.6 is 0 Å². The Bertz CT molecular complexity index is 661. The number of rotatable bonds is 5. The van der Waals surface area contributed by atoms with Crippen LogP contribution in [0.25, 0.3) is 0 Å². The van der Waals surface area contributed by atoms with Gasteiger partial charge in [0.05, 0.1) is 6.04 Å². The second-order valence-corrected chi connectivity index (χ2v) is 6.75. The zero-order valence-electron chi connectivity index (χ0n) is 15.0. The summed E-state index contributed by atoms with van der Waals surface area (Å²) in [6.07, 6.45) is 4.31. The van der Waals surface area contributed by atoms with Crippen LogP contribution in [0, 0.1) is 0 Å². The smallest absolute Gasteiger partial charge is 0.323 e. The van der Waals surface area contributed by atoms with Crippen LogP contribution < -0.4 is 5.32 Å². The highest BCUT2D eigenvalue weighted by Crippen LogP contribution is 2.26. The molecule has 0 unspecified atom stereocenters. The summed E-state index contributed by atoms with van der Waals surface area (Å²) in [6, 6.07) is 5.47. The molecule has 0 spiro atoms. The van der Waals surface area contributed by atoms with Crippen LogP contribution in [-0.4, -0.2) is 27.6 Å². The number of hydrogen-bond acceptors (Lipinski definition) is 4. The molecular formula is C18H26N4O2. The Kier molecular flexibility index (Phi) is 5.59. The Morgan fingerprint density at radius 3 is 2.46 bits per heavy atom. The lowest BCUT2D eigenvalue weighted by atomic mass is 9.93. The molecule has 0 aromatic carbocycles. The third kappa shape index (κ3) is 4.13. The number of amides is 2. The molecule has 2 heterocycles. The predicted octanol–water partition coefficient (Wildman–Crippen LogP) is 4.37. The molecule has 0 fully saturated rings. The van der Waals surface area contributed by atoms with Crippen molar-refractivity contribution in [3.05, 3.63) is 41.9 Å². The number of hydrogen-bond donors (Lipinski definition) is 1. The summed E-state index contributed by atoms with van der Waals surface area (Å²) < 4.78 is 5.32. The molecule has 2 rings (SSSR count). The molecule has 0 saturated heterocycles. The third-order valence-corrected chi connectivity index (χ3v) is 3.94. The molecule has 0 aliphatic rings. The zero-order valence-corrected chi connectivity index (χ0v) is 15.0. The molecule has 6 nitrogen and oxygen atoms in total. The van der Waals surface area contributed by atoms with E-state index in [0.717, 1.165) is 17.7 Å². The van der Waals surface area contributed by atoms with Gasteiger partial charge in [0, 0.05) is 30.4 Å². The Hall–Kier alpha value is -2.37. The summed E-state index contributed by atoms with van der Waals surface area (Å²) in [5.41, 5.74) is 0.920. The van der Waals surface area contributed by atoms with E-state index in [-0.39, 0.29) is 17.5 Å². The van der Waals surface area contributed by atoms with Gasteiger partial charge < -0.3 is 9.42 Å². The molecule has 130 valence electrons. The number of nitrogens with one attached hydrogen (secondary N) is 1. The normalized spacial score (nSPS) is 12.7. The van der Waals surface area contributed by atoms with Gasteiger partial charge in [0.1, 0.15) is 5.76 Å². The van der Waals surface area contributed by atoms with Crippen molar-refractivity contribution in [1.82, 2.24) is 15.0 Å². The van der Waals surface area contributed by atoms with Crippen LogP contribution in [0.15, 0.2) is 35.1 Å². The van der Waals surface area contributed by atoms with E-state index in [4.69, 9.17) is 4.52 Å². The molecule has 0 radical (unpaired) electrons. The average molecular weight is 330 g/mol. The van der Waals surface area contributed by atoms with Crippen molar-refractivity contribution in [2.45, 2.75) is 52.5 Å². The van der Waals surface area contributed by atoms with E-state index < -0.39 is 0 Å². The molecular weight excluding hydrogens is 304 g/mol. The summed E-state index contributed by atoms with van der Waals surface area (Å²) in [6.45, 7) is 10.7. The fraction of sp³-hybridized carbons (Fsp3) is 0.500. The lowest BCUT2D eigenvalue weighted by molar-refractivity contribution is 0.189. The van der Waals surface area contributed by atoms with Gasteiger partial charge in [-0.15, -0.1) is 0 Å². The van der Waals surface area contributed by atoms with Gasteiger partial charge in [-0.2, -0.15) is 0 Å². The van der Waals surface area contributed by atoms with E-state index in [1.807, 2.05) is 39.8 Å². The highest BCUT2D eigenvalue weighted by atomic mass is 16.5. The minimum absolute atomic E-state index is 0.00742. The van der Waals surface area contributed by atoms with Crippen LogP contribution in [0.3, 0.4) is 0 Å². The Morgan fingerprint density at radius 2 is 1.96 bits per heavy atom. The van der Waals surface area contributed by atoms with Crippen LogP contribution in [0.2, 0.25) is 0 Å². The monoisotopic (exact) mass is 330 g/mol. The molecule has 6 heteroatoms. The van der Waals surface area contributed by atoms with E-state index in [1.165, 1.54) is 0 Å². The number of carbonyl (C=O) groups excluding carboxylic acids is 1. The van der Waals surface area contributed by atoms with Gasteiger partial charge in [-0.25, -0.2) is 4.79 Å². The molecule has 1 N–H and O–H groups in total. The van der Waals surface area contributed by atoms with Gasteiger partial charge >= 0.3 is 6.03 Å². The van der Waals surface area contributed by atoms with E-state index in [9.17, 15) is 4.79 Å². The maximum absolute atomic E-state index is 12.7. The van der Waals surface area contributed by atoms with Crippen LogP contribution in [0.1, 0.15) is 58.4 Å². The van der Waals surface area contributed by atoms with Crippen LogP contribution in [-0.2, 0) is 5.41 Å². The molecule has 0 bridgehead atoms. The van der Waals surface area contributed by atoms with Crippen molar-refractivity contribution < 1.29 is 9.32 Å². The summed E-state index contributed by atoms with van der Waals surface area (Å²) in [5, 5.41) is 6.79. The van der Waals surface area contributed by atoms with Gasteiger partial charge in [0.2, 0.25) is 0 Å². The fourth-order valence-corrected chi connectivity index (χ4v) is 2.60. The highest BCUT2D eigenvalue weighted by molar-refractivity contribution is 5.88. The average Bonchev–Trinajstić information content (AvgIpc) is 3.01. The van der Waals surface area contributed by atoms with Crippen molar-refractivity contribution in [2.75, 3.05) is 11.9 Å². The first kappa shape index (κ1) is 18.0. The highest BCUT2D eigenvalue weighted by Gasteiger charge is 2.25. The predicted molar refractivity (Wildman–Crippen MR) is 93.9 cm³/mol.